The van der Waals surface area contributed by atoms with Gasteiger partial charge < -0.3 is 15.1 Å². The first kappa shape index (κ1) is 13.2. The molecule has 2 N–H and O–H groups in total. The molecule has 0 aromatic heterocycles. The Labute approximate surface area is 100 Å². The molecule has 0 radical (unpaired) electrons. The molecule has 0 fully saturated rings. The summed E-state index contributed by atoms with van der Waals surface area (Å²) >= 11 is 0. The Kier molecular flexibility index (Phi) is 5.21. The molecule has 1 amide bonds. The van der Waals surface area contributed by atoms with E-state index in [1.54, 1.807) is 31.3 Å². The Hall–Kier alpha value is -1.83. The number of carbonyl (C=O) groups is 1. The summed E-state index contributed by atoms with van der Waals surface area (Å²) in [6.45, 7) is -0.0394. The van der Waals surface area contributed by atoms with Gasteiger partial charge in [-0.15, -0.1) is 0 Å². The topological polar surface area (TPSA) is 60.8 Å². The maximum atomic E-state index is 12.0. The lowest BCUT2D eigenvalue weighted by Gasteiger charge is -2.16. The highest BCUT2D eigenvalue weighted by Gasteiger charge is 2.13. The van der Waals surface area contributed by atoms with Gasteiger partial charge in [0.15, 0.2) is 0 Å². The lowest BCUT2D eigenvalue weighted by molar-refractivity contribution is 0.0766. The molecule has 1 aromatic carbocycles. The zero-order valence-electron chi connectivity index (χ0n) is 9.68. The van der Waals surface area contributed by atoms with E-state index in [1.165, 1.54) is 4.90 Å². The van der Waals surface area contributed by atoms with E-state index in [0.29, 0.717) is 11.1 Å². The Morgan fingerprint density at radius 2 is 2.06 bits per heavy atom. The first-order valence-corrected chi connectivity index (χ1v) is 5.25. The van der Waals surface area contributed by atoms with Crippen LogP contribution in [0.3, 0.4) is 0 Å². The van der Waals surface area contributed by atoms with Crippen LogP contribution in [-0.2, 0) is 0 Å². The van der Waals surface area contributed by atoms with Crippen molar-refractivity contribution in [3.63, 3.8) is 0 Å². The Morgan fingerprint density at radius 1 is 1.35 bits per heavy atom. The Morgan fingerprint density at radius 3 is 2.71 bits per heavy atom. The minimum absolute atomic E-state index is 0.0767. The van der Waals surface area contributed by atoms with E-state index < -0.39 is 0 Å². The van der Waals surface area contributed by atoms with Crippen molar-refractivity contribution in [1.82, 2.24) is 4.90 Å². The van der Waals surface area contributed by atoms with Crippen molar-refractivity contribution in [3.05, 3.63) is 35.4 Å². The van der Waals surface area contributed by atoms with Gasteiger partial charge in [-0.3, -0.25) is 4.79 Å². The fraction of sp³-hybridized carbons (Fsp3) is 0.308. The second kappa shape index (κ2) is 6.69. The molecule has 0 aliphatic heterocycles. The molecule has 90 valence electrons. The number of carbonyl (C=O) groups excluding carboxylic acids is 1. The average Bonchev–Trinajstić information content (AvgIpc) is 2.36. The molecule has 0 aliphatic carbocycles. The minimum Gasteiger partial charge on any atom is -0.395 e. The molecular formula is C13H15NO3. The molecule has 4 nitrogen and oxygen atoms in total. The molecule has 1 rings (SSSR count). The molecular weight excluding hydrogens is 218 g/mol. The third kappa shape index (κ3) is 3.59. The SMILES string of the molecule is CN(CCO)C(=O)c1ccccc1C#CCO. The normalized spacial score (nSPS) is 9.35. The molecule has 0 heterocycles. The fourth-order valence-electron chi connectivity index (χ4n) is 1.37. The van der Waals surface area contributed by atoms with E-state index in [1.807, 2.05) is 0 Å². The van der Waals surface area contributed by atoms with Gasteiger partial charge in [0.05, 0.1) is 12.2 Å². The first-order valence-electron chi connectivity index (χ1n) is 5.25. The van der Waals surface area contributed by atoms with Crippen LogP contribution in [0.25, 0.3) is 0 Å². The van der Waals surface area contributed by atoms with Crippen molar-refractivity contribution < 1.29 is 15.0 Å². The van der Waals surface area contributed by atoms with Crippen LogP contribution in [0.5, 0.6) is 0 Å². The fourth-order valence-corrected chi connectivity index (χ4v) is 1.37. The standard InChI is InChI=1S/C13H15NO3/c1-14(8-10-16)13(17)12-7-3-2-5-11(12)6-4-9-15/h2-3,5,7,15-16H,8-10H2,1H3. The van der Waals surface area contributed by atoms with E-state index in [-0.39, 0.29) is 25.7 Å². The molecule has 0 saturated carbocycles. The molecule has 0 atom stereocenters. The van der Waals surface area contributed by atoms with Gasteiger partial charge in [0, 0.05) is 19.2 Å². The van der Waals surface area contributed by atoms with Gasteiger partial charge in [-0.2, -0.15) is 0 Å². The predicted octanol–water partition coefficient (Wildman–Crippen LogP) is 0.0947. The number of rotatable bonds is 3. The smallest absolute Gasteiger partial charge is 0.254 e. The summed E-state index contributed by atoms with van der Waals surface area (Å²) in [7, 11) is 1.62. The van der Waals surface area contributed by atoms with E-state index in [9.17, 15) is 4.79 Å². The van der Waals surface area contributed by atoms with Crippen molar-refractivity contribution in [2.24, 2.45) is 0 Å². The van der Waals surface area contributed by atoms with Gasteiger partial charge >= 0.3 is 0 Å². The number of benzene rings is 1. The van der Waals surface area contributed by atoms with Crippen molar-refractivity contribution in [3.8, 4) is 11.8 Å². The number of aliphatic hydroxyl groups excluding tert-OH is 2. The summed E-state index contributed by atoms with van der Waals surface area (Å²) in [5.74, 6) is 5.05. The number of aliphatic hydroxyl groups is 2. The second-order valence-electron chi connectivity index (χ2n) is 3.46. The molecule has 0 saturated heterocycles. The van der Waals surface area contributed by atoms with E-state index in [0.717, 1.165) is 0 Å². The Bertz CT molecular complexity index is 445. The minimum atomic E-state index is -0.241. The number of likely N-dealkylation sites (N-methyl/N-ethyl adjacent to an activating group) is 1. The highest BCUT2D eigenvalue weighted by Crippen LogP contribution is 2.09. The number of amides is 1. The quantitative estimate of drug-likeness (QED) is 0.728. The lowest BCUT2D eigenvalue weighted by Crippen LogP contribution is -2.30. The zero-order valence-corrected chi connectivity index (χ0v) is 9.68. The maximum Gasteiger partial charge on any atom is 0.254 e. The number of hydrogen-bond acceptors (Lipinski definition) is 3. The van der Waals surface area contributed by atoms with Crippen LogP contribution in [0, 0.1) is 11.8 Å². The summed E-state index contributed by atoms with van der Waals surface area (Å²) in [4.78, 5) is 13.4. The number of hydrogen-bond donors (Lipinski definition) is 2. The summed E-state index contributed by atoms with van der Waals surface area (Å²) in [5, 5.41) is 17.4. The third-order valence-electron chi connectivity index (χ3n) is 2.24. The molecule has 0 aliphatic rings. The molecule has 1 aromatic rings. The molecule has 0 spiro atoms. The first-order chi connectivity index (χ1) is 8.20. The summed E-state index contributed by atoms with van der Waals surface area (Å²) in [5.41, 5.74) is 1.06. The second-order valence-corrected chi connectivity index (χ2v) is 3.46. The molecule has 4 heteroatoms. The number of nitrogens with zero attached hydrogens (tertiary/aromatic N) is 1. The van der Waals surface area contributed by atoms with Crippen molar-refractivity contribution in [1.29, 1.82) is 0 Å². The van der Waals surface area contributed by atoms with E-state index in [4.69, 9.17) is 10.2 Å². The summed E-state index contributed by atoms with van der Waals surface area (Å²) in [6, 6.07) is 6.94. The van der Waals surface area contributed by atoms with Crippen LogP contribution < -0.4 is 0 Å². The van der Waals surface area contributed by atoms with Crippen LogP contribution in [0.4, 0.5) is 0 Å². The highest BCUT2D eigenvalue weighted by molar-refractivity contribution is 5.96. The largest absolute Gasteiger partial charge is 0.395 e. The van der Waals surface area contributed by atoms with E-state index >= 15 is 0 Å². The van der Waals surface area contributed by atoms with Crippen LogP contribution in [0.2, 0.25) is 0 Å². The summed E-state index contributed by atoms with van der Waals surface area (Å²) in [6.07, 6.45) is 0. The van der Waals surface area contributed by atoms with E-state index in [2.05, 4.69) is 11.8 Å². The van der Waals surface area contributed by atoms with Gasteiger partial charge in [0.1, 0.15) is 6.61 Å². The lowest BCUT2D eigenvalue weighted by atomic mass is 10.1. The van der Waals surface area contributed by atoms with Gasteiger partial charge in [0.25, 0.3) is 5.91 Å². The van der Waals surface area contributed by atoms with Crippen molar-refractivity contribution >= 4 is 5.91 Å². The monoisotopic (exact) mass is 233 g/mol. The highest BCUT2D eigenvalue weighted by atomic mass is 16.3. The maximum absolute atomic E-state index is 12.0. The zero-order chi connectivity index (χ0) is 12.7. The van der Waals surface area contributed by atoms with Crippen molar-refractivity contribution in [2.45, 2.75) is 0 Å². The third-order valence-corrected chi connectivity index (χ3v) is 2.24. The van der Waals surface area contributed by atoms with Crippen LogP contribution >= 0.6 is 0 Å². The summed E-state index contributed by atoms with van der Waals surface area (Å²) < 4.78 is 0. The van der Waals surface area contributed by atoms with Gasteiger partial charge in [-0.05, 0) is 12.1 Å². The van der Waals surface area contributed by atoms with Gasteiger partial charge in [0.2, 0.25) is 0 Å². The van der Waals surface area contributed by atoms with Crippen molar-refractivity contribution in [2.75, 3.05) is 26.8 Å². The van der Waals surface area contributed by atoms with Crippen LogP contribution in [0.15, 0.2) is 24.3 Å². The molecule has 0 bridgehead atoms. The average molecular weight is 233 g/mol. The van der Waals surface area contributed by atoms with Crippen LogP contribution in [-0.4, -0.2) is 47.8 Å². The molecule has 17 heavy (non-hydrogen) atoms. The Balaban J connectivity index is 3.00. The predicted molar refractivity (Wildman–Crippen MR) is 64.5 cm³/mol. The van der Waals surface area contributed by atoms with Gasteiger partial charge in [-0.1, -0.05) is 24.0 Å². The van der Waals surface area contributed by atoms with Crippen LogP contribution in [0.1, 0.15) is 15.9 Å². The molecule has 0 unspecified atom stereocenters. The van der Waals surface area contributed by atoms with Gasteiger partial charge in [-0.25, -0.2) is 0 Å².